The summed E-state index contributed by atoms with van der Waals surface area (Å²) in [6.07, 6.45) is 12.9. The second-order valence-electron chi connectivity index (χ2n) is 3.71. The number of nitrogens with two attached hydrogens (primary N) is 1. The first-order chi connectivity index (χ1) is 6.75. The van der Waals surface area contributed by atoms with Crippen LogP contribution in [-0.4, -0.2) is 11.8 Å². The van der Waals surface area contributed by atoms with Crippen LogP contribution in [0.25, 0.3) is 0 Å². The van der Waals surface area contributed by atoms with E-state index in [1.807, 2.05) is 6.08 Å². The van der Waals surface area contributed by atoms with Crippen LogP contribution in [0.1, 0.15) is 38.5 Å². The van der Waals surface area contributed by atoms with E-state index in [2.05, 4.69) is 5.92 Å². The molecule has 0 aromatic carbocycles. The fourth-order valence-electron chi connectivity index (χ4n) is 1.70. The molecule has 0 aliphatic heterocycles. The average molecular weight is 191 g/mol. The third-order valence-corrected chi connectivity index (χ3v) is 2.53. The minimum Gasteiger partial charge on any atom is -0.320 e. The van der Waals surface area contributed by atoms with Gasteiger partial charge in [0.1, 0.15) is 0 Å². The van der Waals surface area contributed by atoms with Crippen LogP contribution < -0.4 is 5.73 Å². The van der Waals surface area contributed by atoms with Gasteiger partial charge in [-0.05, 0) is 31.3 Å². The maximum atomic E-state index is 11.8. The minimum atomic E-state index is -0.496. The van der Waals surface area contributed by atoms with Crippen molar-refractivity contribution >= 4 is 5.78 Å². The molecule has 14 heavy (non-hydrogen) atoms. The Morgan fingerprint density at radius 2 is 2.36 bits per heavy atom. The third-order valence-electron chi connectivity index (χ3n) is 2.53. The zero-order chi connectivity index (χ0) is 10.4. The number of terminal acetylenes is 1. The first-order valence-electron chi connectivity index (χ1n) is 5.18. The van der Waals surface area contributed by atoms with E-state index in [-0.39, 0.29) is 5.78 Å². The lowest BCUT2D eigenvalue weighted by Gasteiger charge is -2.09. The topological polar surface area (TPSA) is 43.1 Å². The van der Waals surface area contributed by atoms with E-state index in [0.29, 0.717) is 6.42 Å². The van der Waals surface area contributed by atoms with Crippen LogP contribution in [0.3, 0.4) is 0 Å². The maximum absolute atomic E-state index is 11.8. The number of hydrogen-bond donors (Lipinski definition) is 1. The van der Waals surface area contributed by atoms with Crippen molar-refractivity contribution in [3.8, 4) is 12.3 Å². The van der Waals surface area contributed by atoms with E-state index in [0.717, 1.165) is 24.8 Å². The highest BCUT2D eigenvalue weighted by molar-refractivity contribution is 5.99. The molecule has 2 N–H and O–H groups in total. The molecule has 2 nitrogen and oxygen atoms in total. The Labute approximate surface area is 85.6 Å². The summed E-state index contributed by atoms with van der Waals surface area (Å²) in [6, 6.07) is -0.496. The number of carbonyl (C=O) groups is 1. The van der Waals surface area contributed by atoms with Gasteiger partial charge in [-0.3, -0.25) is 4.79 Å². The Kier molecular flexibility index (Phi) is 4.42. The highest BCUT2D eigenvalue weighted by atomic mass is 16.1. The van der Waals surface area contributed by atoms with Crippen LogP contribution in [0.4, 0.5) is 0 Å². The maximum Gasteiger partial charge on any atom is 0.176 e. The van der Waals surface area contributed by atoms with Crippen LogP contribution in [0, 0.1) is 12.3 Å². The zero-order valence-corrected chi connectivity index (χ0v) is 8.46. The summed E-state index contributed by atoms with van der Waals surface area (Å²) in [5.41, 5.74) is 6.57. The number of rotatable bonds is 3. The molecule has 1 unspecified atom stereocenters. The first kappa shape index (κ1) is 11.0. The Morgan fingerprint density at radius 1 is 1.57 bits per heavy atom. The van der Waals surface area contributed by atoms with Gasteiger partial charge in [0.05, 0.1) is 6.04 Å². The monoisotopic (exact) mass is 191 g/mol. The number of ketones is 1. The molecule has 0 amide bonds. The molecule has 1 rings (SSSR count). The molecule has 1 aliphatic carbocycles. The van der Waals surface area contributed by atoms with Crippen molar-refractivity contribution < 1.29 is 4.79 Å². The van der Waals surface area contributed by atoms with Crippen molar-refractivity contribution in [3.63, 3.8) is 0 Å². The summed E-state index contributed by atoms with van der Waals surface area (Å²) >= 11 is 0. The van der Waals surface area contributed by atoms with Crippen LogP contribution in [0.2, 0.25) is 0 Å². The molecule has 2 heteroatoms. The summed E-state index contributed by atoms with van der Waals surface area (Å²) in [6.45, 7) is 0. The van der Waals surface area contributed by atoms with E-state index in [1.54, 1.807) is 0 Å². The van der Waals surface area contributed by atoms with Gasteiger partial charge in [-0.25, -0.2) is 0 Å². The van der Waals surface area contributed by atoms with Crippen LogP contribution in [-0.2, 0) is 4.79 Å². The van der Waals surface area contributed by atoms with Crippen LogP contribution >= 0.6 is 0 Å². The lowest BCUT2D eigenvalue weighted by atomic mass is 9.99. The Morgan fingerprint density at radius 3 is 3.07 bits per heavy atom. The minimum absolute atomic E-state index is 0.0462. The van der Waals surface area contributed by atoms with E-state index in [1.165, 1.54) is 12.8 Å². The molecular formula is C12H17NO. The van der Waals surface area contributed by atoms with Crippen molar-refractivity contribution in [2.45, 2.75) is 44.6 Å². The Bertz CT molecular complexity index is 273. The summed E-state index contributed by atoms with van der Waals surface area (Å²) in [5.74, 6) is 2.48. The van der Waals surface area contributed by atoms with Gasteiger partial charge >= 0.3 is 0 Å². The highest BCUT2D eigenvalue weighted by Crippen LogP contribution is 2.18. The average Bonchev–Trinajstić information content (AvgIpc) is 2.45. The van der Waals surface area contributed by atoms with Crippen LogP contribution in [0.5, 0.6) is 0 Å². The van der Waals surface area contributed by atoms with Gasteiger partial charge in [-0.1, -0.05) is 12.5 Å². The number of allylic oxidation sites excluding steroid dienone is 1. The quantitative estimate of drug-likeness (QED) is 0.691. The summed E-state index contributed by atoms with van der Waals surface area (Å²) in [7, 11) is 0. The van der Waals surface area contributed by atoms with Gasteiger partial charge in [-0.2, -0.15) is 0 Å². The van der Waals surface area contributed by atoms with E-state index in [9.17, 15) is 4.79 Å². The van der Waals surface area contributed by atoms with Gasteiger partial charge in [0, 0.05) is 6.42 Å². The SMILES string of the molecule is C#CCC(N)C(=O)C1=CCCCCC1. The molecule has 0 spiro atoms. The first-order valence-corrected chi connectivity index (χ1v) is 5.18. The van der Waals surface area contributed by atoms with Gasteiger partial charge in [0.25, 0.3) is 0 Å². The molecule has 1 aliphatic rings. The predicted octanol–water partition coefficient (Wildman–Crippen LogP) is 1.80. The molecule has 0 bridgehead atoms. The van der Waals surface area contributed by atoms with Gasteiger partial charge in [-0.15, -0.1) is 12.3 Å². The summed E-state index contributed by atoms with van der Waals surface area (Å²) in [5, 5.41) is 0. The molecule has 0 saturated carbocycles. The van der Waals surface area contributed by atoms with Crippen molar-refractivity contribution in [2.75, 3.05) is 0 Å². The zero-order valence-electron chi connectivity index (χ0n) is 8.46. The van der Waals surface area contributed by atoms with Gasteiger partial charge in [0.2, 0.25) is 0 Å². The third kappa shape index (κ3) is 3.01. The lowest BCUT2D eigenvalue weighted by molar-refractivity contribution is -0.116. The van der Waals surface area contributed by atoms with E-state index >= 15 is 0 Å². The molecule has 0 radical (unpaired) electrons. The molecular weight excluding hydrogens is 174 g/mol. The second kappa shape index (κ2) is 5.62. The normalized spacial score (nSPS) is 19.0. The van der Waals surface area contributed by atoms with Crippen molar-refractivity contribution in [2.24, 2.45) is 5.73 Å². The molecule has 0 saturated heterocycles. The molecule has 0 fully saturated rings. The number of Topliss-reactive ketones (excluding diaryl/α,β-unsaturated/α-hetero) is 1. The number of carbonyl (C=O) groups excluding carboxylic acids is 1. The Hall–Kier alpha value is -1.07. The van der Waals surface area contributed by atoms with E-state index < -0.39 is 6.04 Å². The fourth-order valence-corrected chi connectivity index (χ4v) is 1.70. The standard InChI is InChI=1S/C12H17NO/c1-2-7-11(13)12(14)10-8-5-3-4-6-9-10/h1,8,11H,3-7,9,13H2. The van der Waals surface area contributed by atoms with Gasteiger partial charge in [0.15, 0.2) is 5.78 Å². The lowest BCUT2D eigenvalue weighted by Crippen LogP contribution is -2.31. The molecule has 76 valence electrons. The second-order valence-corrected chi connectivity index (χ2v) is 3.71. The van der Waals surface area contributed by atoms with E-state index in [4.69, 9.17) is 12.2 Å². The Balaban J connectivity index is 2.58. The molecule has 0 heterocycles. The fraction of sp³-hybridized carbons (Fsp3) is 0.583. The predicted molar refractivity (Wildman–Crippen MR) is 57.6 cm³/mol. The number of hydrogen-bond acceptors (Lipinski definition) is 2. The molecule has 1 atom stereocenters. The smallest absolute Gasteiger partial charge is 0.176 e. The van der Waals surface area contributed by atoms with Crippen molar-refractivity contribution in [1.82, 2.24) is 0 Å². The largest absolute Gasteiger partial charge is 0.320 e. The van der Waals surface area contributed by atoms with Crippen molar-refractivity contribution in [1.29, 1.82) is 0 Å². The molecule has 0 aromatic rings. The highest BCUT2D eigenvalue weighted by Gasteiger charge is 2.17. The summed E-state index contributed by atoms with van der Waals surface area (Å²) < 4.78 is 0. The van der Waals surface area contributed by atoms with Crippen LogP contribution in [0.15, 0.2) is 11.6 Å². The summed E-state index contributed by atoms with van der Waals surface area (Å²) in [4.78, 5) is 11.8. The molecule has 0 aromatic heterocycles. The van der Waals surface area contributed by atoms with Crippen molar-refractivity contribution in [3.05, 3.63) is 11.6 Å². The van der Waals surface area contributed by atoms with Gasteiger partial charge < -0.3 is 5.73 Å².